The van der Waals surface area contributed by atoms with Crippen LogP contribution in [0.4, 0.5) is 10.1 Å². The van der Waals surface area contributed by atoms with Crippen LogP contribution in [0.1, 0.15) is 43.9 Å². The molecule has 0 bridgehead atoms. The SMILES string of the molecule is CCOc1ccc(S(=O)(=O)N(CC(=O)N(Cc2ccccc2F)[C@@H](Cc2ccccc2)C(=O)N[C@H](C)CC)c2ccc(C)cc2)cc1. The number of halogens is 1. The fourth-order valence-corrected chi connectivity index (χ4v) is 6.46. The van der Waals surface area contributed by atoms with Crippen molar-refractivity contribution in [1.82, 2.24) is 10.2 Å². The second-order valence-electron chi connectivity index (χ2n) is 11.4. The summed E-state index contributed by atoms with van der Waals surface area (Å²) in [7, 11) is -4.28. The molecule has 10 heteroatoms. The Morgan fingerprint density at radius 3 is 2.13 bits per heavy atom. The Balaban J connectivity index is 1.80. The molecule has 0 aromatic heterocycles. The summed E-state index contributed by atoms with van der Waals surface area (Å²) in [5, 5.41) is 2.98. The Morgan fingerprint density at radius 1 is 0.872 bits per heavy atom. The van der Waals surface area contributed by atoms with E-state index in [9.17, 15) is 18.0 Å². The molecule has 0 aliphatic rings. The molecular formula is C37H42FN3O5S. The molecule has 0 aliphatic carbocycles. The number of carbonyl (C=O) groups is 2. The minimum absolute atomic E-state index is 0.0367. The highest BCUT2D eigenvalue weighted by molar-refractivity contribution is 7.92. The highest BCUT2D eigenvalue weighted by Gasteiger charge is 2.35. The topological polar surface area (TPSA) is 96.0 Å². The first-order chi connectivity index (χ1) is 22.5. The van der Waals surface area contributed by atoms with Gasteiger partial charge in [-0.2, -0.15) is 0 Å². The van der Waals surface area contributed by atoms with Crippen LogP contribution in [-0.4, -0.2) is 50.4 Å². The number of rotatable bonds is 15. The predicted molar refractivity (Wildman–Crippen MR) is 182 cm³/mol. The Morgan fingerprint density at radius 2 is 1.51 bits per heavy atom. The molecule has 0 unspecified atom stereocenters. The van der Waals surface area contributed by atoms with E-state index in [1.807, 2.05) is 58.0 Å². The lowest BCUT2D eigenvalue weighted by atomic mass is 10.0. The number of carbonyl (C=O) groups excluding carboxylic acids is 2. The molecule has 0 aliphatic heterocycles. The number of nitrogens with zero attached hydrogens (tertiary/aromatic N) is 2. The molecule has 0 radical (unpaired) electrons. The van der Waals surface area contributed by atoms with Crippen LogP contribution in [0.5, 0.6) is 5.75 Å². The Bertz CT molecular complexity index is 1730. The number of ether oxygens (including phenoxy) is 1. The van der Waals surface area contributed by atoms with Gasteiger partial charge in [0.2, 0.25) is 11.8 Å². The quantitative estimate of drug-likeness (QED) is 0.162. The zero-order valence-corrected chi connectivity index (χ0v) is 28.0. The van der Waals surface area contributed by atoms with Crippen LogP contribution in [0.3, 0.4) is 0 Å². The number of nitrogens with one attached hydrogen (secondary N) is 1. The lowest BCUT2D eigenvalue weighted by Gasteiger charge is -2.34. The second-order valence-corrected chi connectivity index (χ2v) is 13.3. The molecule has 47 heavy (non-hydrogen) atoms. The van der Waals surface area contributed by atoms with Gasteiger partial charge in [-0.25, -0.2) is 12.8 Å². The van der Waals surface area contributed by atoms with E-state index in [2.05, 4.69) is 5.32 Å². The van der Waals surface area contributed by atoms with Crippen LogP contribution in [0.15, 0.2) is 108 Å². The molecule has 8 nitrogen and oxygen atoms in total. The number of amides is 2. The van der Waals surface area contributed by atoms with Gasteiger partial charge >= 0.3 is 0 Å². The van der Waals surface area contributed by atoms with Gasteiger partial charge in [-0.05, 0) is 75.2 Å². The first kappa shape index (κ1) is 35.2. The summed E-state index contributed by atoms with van der Waals surface area (Å²) in [5.74, 6) is -1.10. The molecule has 2 amide bonds. The number of benzene rings is 4. The largest absolute Gasteiger partial charge is 0.494 e. The fraction of sp³-hybridized carbons (Fsp3) is 0.297. The van der Waals surface area contributed by atoms with Crippen LogP contribution in [0, 0.1) is 12.7 Å². The number of sulfonamides is 1. The minimum Gasteiger partial charge on any atom is -0.494 e. The Hall–Kier alpha value is -4.70. The van der Waals surface area contributed by atoms with Gasteiger partial charge in [-0.15, -0.1) is 0 Å². The highest BCUT2D eigenvalue weighted by Crippen LogP contribution is 2.27. The van der Waals surface area contributed by atoms with Gasteiger partial charge in [-0.1, -0.05) is 73.2 Å². The van der Waals surface area contributed by atoms with E-state index in [4.69, 9.17) is 4.74 Å². The smallest absolute Gasteiger partial charge is 0.264 e. The Kier molecular flexibility index (Phi) is 12.1. The normalized spacial score (nSPS) is 12.5. The molecule has 0 heterocycles. The van der Waals surface area contributed by atoms with Gasteiger partial charge in [0.15, 0.2) is 0 Å². The molecular weight excluding hydrogens is 617 g/mol. The highest BCUT2D eigenvalue weighted by atomic mass is 32.2. The van der Waals surface area contributed by atoms with Gasteiger partial charge in [0.05, 0.1) is 17.2 Å². The number of hydrogen-bond donors (Lipinski definition) is 1. The van der Waals surface area contributed by atoms with E-state index < -0.39 is 40.2 Å². The van der Waals surface area contributed by atoms with Crippen molar-refractivity contribution in [1.29, 1.82) is 0 Å². The summed E-state index contributed by atoms with van der Waals surface area (Å²) < 4.78 is 50.0. The van der Waals surface area contributed by atoms with Crippen molar-refractivity contribution in [2.75, 3.05) is 17.5 Å². The van der Waals surface area contributed by atoms with E-state index in [1.54, 1.807) is 54.6 Å². The zero-order chi connectivity index (χ0) is 34.0. The van der Waals surface area contributed by atoms with Crippen molar-refractivity contribution in [3.63, 3.8) is 0 Å². The average Bonchev–Trinajstić information content (AvgIpc) is 3.07. The first-order valence-electron chi connectivity index (χ1n) is 15.7. The molecule has 0 saturated carbocycles. The maximum Gasteiger partial charge on any atom is 0.264 e. The van der Waals surface area contributed by atoms with Gasteiger partial charge < -0.3 is 15.0 Å². The lowest BCUT2D eigenvalue weighted by molar-refractivity contribution is -0.140. The van der Waals surface area contributed by atoms with Gasteiger partial charge in [0, 0.05) is 24.6 Å². The Labute approximate surface area is 277 Å². The van der Waals surface area contributed by atoms with Crippen LogP contribution < -0.4 is 14.4 Å². The van der Waals surface area contributed by atoms with Crippen LogP contribution in [0.25, 0.3) is 0 Å². The van der Waals surface area contributed by atoms with E-state index >= 15 is 4.39 Å². The van der Waals surface area contributed by atoms with E-state index in [0.29, 0.717) is 18.8 Å². The van der Waals surface area contributed by atoms with Crippen LogP contribution in [0.2, 0.25) is 0 Å². The van der Waals surface area contributed by atoms with Crippen molar-refractivity contribution in [2.45, 2.75) is 64.1 Å². The molecule has 2 atom stereocenters. The van der Waals surface area contributed by atoms with Gasteiger partial charge in [-0.3, -0.25) is 13.9 Å². The first-order valence-corrected chi connectivity index (χ1v) is 17.2. The summed E-state index contributed by atoms with van der Waals surface area (Å²) in [5.41, 5.74) is 2.17. The maximum absolute atomic E-state index is 15.1. The maximum atomic E-state index is 15.1. The average molecular weight is 660 g/mol. The number of hydrogen-bond acceptors (Lipinski definition) is 5. The summed E-state index contributed by atoms with van der Waals surface area (Å²) in [4.78, 5) is 29.7. The summed E-state index contributed by atoms with van der Waals surface area (Å²) in [6.45, 7) is 7.05. The molecule has 4 aromatic rings. The zero-order valence-electron chi connectivity index (χ0n) is 27.2. The van der Waals surface area contributed by atoms with Gasteiger partial charge in [0.25, 0.3) is 10.0 Å². The summed E-state index contributed by atoms with van der Waals surface area (Å²) in [6, 6.07) is 26.8. The van der Waals surface area contributed by atoms with Crippen molar-refractivity contribution < 1.29 is 27.1 Å². The van der Waals surface area contributed by atoms with Crippen molar-refractivity contribution >= 4 is 27.5 Å². The third-order valence-electron chi connectivity index (χ3n) is 7.89. The van der Waals surface area contributed by atoms with E-state index in [0.717, 1.165) is 15.4 Å². The standard InChI is InChI=1S/C37H42FN3O5S/c1-5-28(4)39-37(43)35(24-29-12-8-7-9-13-29)40(25-30-14-10-11-15-34(30)38)36(42)26-41(31-18-16-27(3)17-19-31)47(44,45)33-22-20-32(21-23-33)46-6-2/h7-23,28,35H,5-6,24-26H2,1-4H3,(H,39,43)/t28-,35+/m1/s1. The second kappa shape index (κ2) is 16.2. The van der Waals surface area contributed by atoms with Crippen molar-refractivity contribution in [3.8, 4) is 5.75 Å². The summed E-state index contributed by atoms with van der Waals surface area (Å²) >= 11 is 0. The van der Waals surface area contributed by atoms with Gasteiger partial charge in [0.1, 0.15) is 24.2 Å². The minimum atomic E-state index is -4.28. The van der Waals surface area contributed by atoms with Crippen LogP contribution in [-0.2, 0) is 32.6 Å². The summed E-state index contributed by atoms with van der Waals surface area (Å²) in [6.07, 6.45) is 0.798. The third-order valence-corrected chi connectivity index (χ3v) is 9.68. The predicted octanol–water partition coefficient (Wildman–Crippen LogP) is 6.28. The molecule has 248 valence electrons. The third kappa shape index (κ3) is 9.19. The molecule has 4 aromatic carbocycles. The molecule has 1 N–H and O–H groups in total. The van der Waals surface area contributed by atoms with E-state index in [-0.39, 0.29) is 35.2 Å². The molecule has 4 rings (SSSR count). The van der Waals surface area contributed by atoms with E-state index in [1.165, 1.54) is 23.1 Å². The fourth-order valence-electron chi connectivity index (χ4n) is 5.05. The number of aryl methyl sites for hydroxylation is 1. The monoisotopic (exact) mass is 659 g/mol. The lowest BCUT2D eigenvalue weighted by Crippen LogP contribution is -2.54. The molecule has 0 saturated heterocycles. The molecule has 0 fully saturated rings. The van der Waals surface area contributed by atoms with Crippen molar-refractivity contribution in [2.24, 2.45) is 0 Å². The number of anilines is 1. The van der Waals surface area contributed by atoms with Crippen LogP contribution >= 0.6 is 0 Å². The van der Waals surface area contributed by atoms with Crippen molar-refractivity contribution in [3.05, 3.63) is 126 Å². The molecule has 0 spiro atoms.